The van der Waals surface area contributed by atoms with E-state index in [-0.39, 0.29) is 5.91 Å². The quantitative estimate of drug-likeness (QED) is 0.612. The van der Waals surface area contributed by atoms with Crippen LogP contribution in [0.2, 0.25) is 0 Å². The van der Waals surface area contributed by atoms with Gasteiger partial charge in [-0.15, -0.1) is 0 Å². The van der Waals surface area contributed by atoms with Crippen LogP contribution in [0.25, 0.3) is 11.4 Å². The van der Waals surface area contributed by atoms with Gasteiger partial charge in [0.15, 0.2) is 10.6 Å². The number of rotatable bonds is 7. The van der Waals surface area contributed by atoms with Crippen molar-refractivity contribution in [3.05, 3.63) is 64.4 Å². The van der Waals surface area contributed by atoms with Gasteiger partial charge in [0.1, 0.15) is 5.75 Å². The van der Waals surface area contributed by atoms with Gasteiger partial charge < -0.3 is 10.1 Å². The van der Waals surface area contributed by atoms with E-state index >= 15 is 0 Å². The number of carbonyl (C=O) groups is 1. The lowest BCUT2D eigenvalue weighted by Gasteiger charge is -2.09. The normalized spacial score (nSPS) is 10.6. The molecule has 3 aromatic rings. The van der Waals surface area contributed by atoms with E-state index in [4.69, 9.17) is 17.0 Å². The lowest BCUT2D eigenvalue weighted by atomic mass is 10.1. The number of H-pyrrole nitrogens is 1. The SMILES string of the molecule is COc1ccc(CNC(=O)CCn2c(-c3cccc(C)c3)n[nH]c2=S)cc1. The fourth-order valence-corrected chi connectivity index (χ4v) is 3.00. The van der Waals surface area contributed by atoms with E-state index in [1.807, 2.05) is 60.0 Å². The predicted molar refractivity (Wildman–Crippen MR) is 107 cm³/mol. The van der Waals surface area contributed by atoms with Gasteiger partial charge in [0, 0.05) is 25.1 Å². The largest absolute Gasteiger partial charge is 0.497 e. The number of aromatic nitrogens is 3. The molecule has 1 amide bonds. The molecule has 27 heavy (non-hydrogen) atoms. The first-order valence-corrected chi connectivity index (χ1v) is 9.09. The third-order valence-corrected chi connectivity index (χ3v) is 4.56. The van der Waals surface area contributed by atoms with E-state index < -0.39 is 0 Å². The summed E-state index contributed by atoms with van der Waals surface area (Å²) in [5.74, 6) is 1.50. The number of carbonyl (C=O) groups excluding carboxylic acids is 1. The number of aromatic amines is 1. The number of nitrogens with zero attached hydrogens (tertiary/aromatic N) is 2. The summed E-state index contributed by atoms with van der Waals surface area (Å²) in [7, 11) is 1.63. The number of methoxy groups -OCH3 is 1. The van der Waals surface area contributed by atoms with Crippen molar-refractivity contribution in [2.75, 3.05) is 7.11 Å². The molecule has 0 saturated heterocycles. The van der Waals surface area contributed by atoms with Gasteiger partial charge in [-0.25, -0.2) is 0 Å². The molecule has 0 spiro atoms. The molecule has 7 heteroatoms. The Morgan fingerprint density at radius 3 is 2.74 bits per heavy atom. The van der Waals surface area contributed by atoms with Gasteiger partial charge >= 0.3 is 0 Å². The van der Waals surface area contributed by atoms with Crippen LogP contribution in [0.4, 0.5) is 0 Å². The zero-order valence-corrected chi connectivity index (χ0v) is 16.2. The van der Waals surface area contributed by atoms with Crippen LogP contribution >= 0.6 is 12.2 Å². The summed E-state index contributed by atoms with van der Waals surface area (Å²) in [4.78, 5) is 12.2. The topological polar surface area (TPSA) is 71.9 Å². The Hall–Kier alpha value is -2.93. The van der Waals surface area contributed by atoms with Gasteiger partial charge in [0.05, 0.1) is 7.11 Å². The maximum atomic E-state index is 12.2. The molecule has 0 radical (unpaired) electrons. The van der Waals surface area contributed by atoms with Gasteiger partial charge in [-0.05, 0) is 42.9 Å². The predicted octanol–water partition coefficient (Wildman–Crippen LogP) is 3.63. The zero-order valence-electron chi connectivity index (χ0n) is 15.4. The molecule has 0 aliphatic rings. The average Bonchev–Trinajstić information content (AvgIpc) is 3.05. The summed E-state index contributed by atoms with van der Waals surface area (Å²) in [6.45, 7) is 2.97. The Morgan fingerprint density at radius 2 is 2.04 bits per heavy atom. The van der Waals surface area contributed by atoms with E-state index in [1.165, 1.54) is 0 Å². The second-order valence-electron chi connectivity index (χ2n) is 6.25. The maximum Gasteiger partial charge on any atom is 0.222 e. The van der Waals surface area contributed by atoms with Gasteiger partial charge in [0.25, 0.3) is 0 Å². The number of benzene rings is 2. The van der Waals surface area contributed by atoms with Crippen molar-refractivity contribution in [3.63, 3.8) is 0 Å². The van der Waals surface area contributed by atoms with Crippen LogP contribution < -0.4 is 10.1 Å². The highest BCUT2D eigenvalue weighted by molar-refractivity contribution is 7.71. The second kappa shape index (κ2) is 8.64. The highest BCUT2D eigenvalue weighted by Gasteiger charge is 2.11. The van der Waals surface area contributed by atoms with Crippen LogP contribution in [-0.4, -0.2) is 27.8 Å². The van der Waals surface area contributed by atoms with E-state index in [0.717, 1.165) is 28.3 Å². The monoisotopic (exact) mass is 382 g/mol. The molecule has 1 heterocycles. The van der Waals surface area contributed by atoms with E-state index in [9.17, 15) is 4.79 Å². The van der Waals surface area contributed by atoms with Crippen molar-refractivity contribution in [1.29, 1.82) is 0 Å². The second-order valence-corrected chi connectivity index (χ2v) is 6.63. The van der Waals surface area contributed by atoms with Crippen LogP contribution in [0.3, 0.4) is 0 Å². The number of aryl methyl sites for hydroxylation is 1. The highest BCUT2D eigenvalue weighted by Crippen LogP contribution is 2.19. The molecule has 140 valence electrons. The van der Waals surface area contributed by atoms with Crippen LogP contribution in [0.5, 0.6) is 5.75 Å². The van der Waals surface area contributed by atoms with E-state index in [1.54, 1.807) is 7.11 Å². The summed E-state index contributed by atoms with van der Waals surface area (Å²) in [6.07, 6.45) is 0.322. The van der Waals surface area contributed by atoms with Crippen LogP contribution in [-0.2, 0) is 17.9 Å². The molecule has 0 aliphatic heterocycles. The first-order valence-electron chi connectivity index (χ1n) is 8.68. The van der Waals surface area contributed by atoms with Crippen molar-refractivity contribution in [2.24, 2.45) is 0 Å². The molecule has 0 saturated carbocycles. The Labute approximate surface area is 163 Å². The Bertz CT molecular complexity index is 976. The van der Waals surface area contributed by atoms with Crippen molar-refractivity contribution in [2.45, 2.75) is 26.4 Å². The van der Waals surface area contributed by atoms with E-state index in [0.29, 0.717) is 24.3 Å². The maximum absolute atomic E-state index is 12.2. The Morgan fingerprint density at radius 1 is 1.26 bits per heavy atom. The van der Waals surface area contributed by atoms with Crippen molar-refractivity contribution >= 4 is 18.1 Å². The molecule has 0 bridgehead atoms. The summed E-state index contributed by atoms with van der Waals surface area (Å²) in [6, 6.07) is 15.7. The molecule has 0 unspecified atom stereocenters. The molecule has 2 N–H and O–H groups in total. The fourth-order valence-electron chi connectivity index (χ4n) is 2.78. The number of hydrogen-bond acceptors (Lipinski definition) is 4. The lowest BCUT2D eigenvalue weighted by Crippen LogP contribution is -2.24. The van der Waals surface area contributed by atoms with Gasteiger partial charge in [-0.2, -0.15) is 5.10 Å². The van der Waals surface area contributed by atoms with Gasteiger partial charge in [-0.1, -0.05) is 35.9 Å². The third kappa shape index (κ3) is 4.83. The summed E-state index contributed by atoms with van der Waals surface area (Å²) < 4.78 is 7.50. The van der Waals surface area contributed by atoms with Crippen LogP contribution in [0.1, 0.15) is 17.5 Å². The standard InChI is InChI=1S/C20H22N4O2S/c1-14-4-3-5-16(12-14)19-22-23-20(27)24(19)11-10-18(25)21-13-15-6-8-17(26-2)9-7-15/h3-9,12H,10-11,13H2,1-2H3,(H,21,25)(H,23,27). The molecule has 2 aromatic carbocycles. The van der Waals surface area contributed by atoms with Gasteiger partial charge in [-0.3, -0.25) is 14.5 Å². The number of hydrogen-bond donors (Lipinski definition) is 2. The number of amides is 1. The molecule has 0 aliphatic carbocycles. The average molecular weight is 382 g/mol. The molecular formula is C20H22N4O2S. The van der Waals surface area contributed by atoms with Crippen LogP contribution in [0.15, 0.2) is 48.5 Å². The van der Waals surface area contributed by atoms with Gasteiger partial charge in [0.2, 0.25) is 5.91 Å². The minimum Gasteiger partial charge on any atom is -0.497 e. The minimum atomic E-state index is -0.0379. The molecule has 1 aromatic heterocycles. The fraction of sp³-hybridized carbons (Fsp3) is 0.250. The number of ether oxygens (including phenoxy) is 1. The number of nitrogens with one attached hydrogen (secondary N) is 2. The minimum absolute atomic E-state index is 0.0379. The molecular weight excluding hydrogens is 360 g/mol. The molecule has 3 rings (SSSR count). The van der Waals surface area contributed by atoms with Crippen molar-refractivity contribution < 1.29 is 9.53 Å². The molecule has 0 fully saturated rings. The summed E-state index contributed by atoms with van der Waals surface area (Å²) in [5, 5.41) is 10.1. The summed E-state index contributed by atoms with van der Waals surface area (Å²) >= 11 is 5.32. The Balaban J connectivity index is 1.60. The first-order chi connectivity index (χ1) is 13.1. The molecule has 6 nitrogen and oxygen atoms in total. The van der Waals surface area contributed by atoms with E-state index in [2.05, 4.69) is 15.5 Å². The highest BCUT2D eigenvalue weighted by atomic mass is 32.1. The van der Waals surface area contributed by atoms with Crippen molar-refractivity contribution in [3.8, 4) is 17.1 Å². The third-order valence-electron chi connectivity index (χ3n) is 4.25. The molecule has 0 atom stereocenters. The van der Waals surface area contributed by atoms with Crippen LogP contribution in [0, 0.1) is 11.7 Å². The summed E-state index contributed by atoms with van der Waals surface area (Å²) in [5.41, 5.74) is 3.13. The first kappa shape index (κ1) is 18.8. The van der Waals surface area contributed by atoms with Crippen molar-refractivity contribution in [1.82, 2.24) is 20.1 Å². The smallest absolute Gasteiger partial charge is 0.222 e. The lowest BCUT2D eigenvalue weighted by molar-refractivity contribution is -0.121. The Kier molecular flexibility index (Phi) is 6.03. The zero-order chi connectivity index (χ0) is 19.2.